The fourth-order valence-electron chi connectivity index (χ4n) is 5.81. The Morgan fingerprint density at radius 2 is 1.52 bits per heavy atom. The maximum Gasteiger partial charge on any atom is 0.197 e. The van der Waals surface area contributed by atoms with Crippen LogP contribution in [0.25, 0.3) is 44.5 Å². The van der Waals surface area contributed by atoms with Crippen molar-refractivity contribution in [3.05, 3.63) is 125 Å². The minimum atomic E-state index is -0.302. The van der Waals surface area contributed by atoms with Gasteiger partial charge in [0.05, 0.1) is 17.0 Å². The van der Waals surface area contributed by atoms with Crippen LogP contribution in [0.4, 0.5) is 10.2 Å². The van der Waals surface area contributed by atoms with E-state index in [2.05, 4.69) is 39.1 Å². The maximum atomic E-state index is 14.5. The van der Waals surface area contributed by atoms with Crippen molar-refractivity contribution < 1.29 is 9.18 Å². The standard InChI is InChI=1S/C34H25ClFN3O/c35-24-15-11-23(12-16-24)33(40)30-29(32(22-13-17-25(36)18-14-22)39-20-6-19-37-34(30)39)28-26-9-4-5-10-27(26)38-31(28)21-7-2-1-3-8-21/h1-5,7-18,37-38H,6,19-20H2. The van der Waals surface area contributed by atoms with Gasteiger partial charge in [-0.2, -0.15) is 0 Å². The number of carbonyl (C=O) groups excluding carboxylic acids is 1. The van der Waals surface area contributed by atoms with Crippen molar-refractivity contribution in [2.45, 2.75) is 13.0 Å². The van der Waals surface area contributed by atoms with Gasteiger partial charge in [0.2, 0.25) is 0 Å². The average Bonchev–Trinajstić information content (AvgIpc) is 3.54. The molecule has 2 aromatic heterocycles. The predicted molar refractivity (Wildman–Crippen MR) is 161 cm³/mol. The summed E-state index contributed by atoms with van der Waals surface area (Å²) in [7, 11) is 0. The van der Waals surface area contributed by atoms with E-state index in [0.717, 1.165) is 69.9 Å². The number of hydrogen-bond donors (Lipinski definition) is 2. The van der Waals surface area contributed by atoms with Crippen molar-refractivity contribution >= 4 is 34.1 Å². The van der Waals surface area contributed by atoms with E-state index in [1.54, 1.807) is 36.4 Å². The largest absolute Gasteiger partial charge is 0.371 e. The molecule has 7 rings (SSSR count). The van der Waals surface area contributed by atoms with Gasteiger partial charge in [0.1, 0.15) is 11.6 Å². The second-order valence-electron chi connectivity index (χ2n) is 10.0. The second kappa shape index (κ2) is 9.85. The van der Waals surface area contributed by atoms with Crippen LogP contribution in [0.1, 0.15) is 22.3 Å². The van der Waals surface area contributed by atoms with Gasteiger partial charge >= 0.3 is 0 Å². The quantitative estimate of drug-likeness (QED) is 0.213. The highest BCUT2D eigenvalue weighted by Gasteiger charge is 2.33. The molecule has 0 amide bonds. The Labute approximate surface area is 236 Å². The van der Waals surface area contributed by atoms with Crippen molar-refractivity contribution in [3.63, 3.8) is 0 Å². The van der Waals surface area contributed by atoms with Crippen molar-refractivity contribution in [1.82, 2.24) is 9.55 Å². The van der Waals surface area contributed by atoms with Crippen LogP contribution in [-0.4, -0.2) is 21.9 Å². The number of benzene rings is 4. The molecule has 0 unspecified atom stereocenters. The highest BCUT2D eigenvalue weighted by molar-refractivity contribution is 6.31. The third kappa shape index (κ3) is 4.02. The zero-order chi connectivity index (χ0) is 27.2. The summed E-state index contributed by atoms with van der Waals surface area (Å²) in [5.74, 6) is 0.385. The summed E-state index contributed by atoms with van der Waals surface area (Å²) in [5.41, 5.74) is 7.58. The fourth-order valence-corrected chi connectivity index (χ4v) is 5.94. The van der Waals surface area contributed by atoms with E-state index in [-0.39, 0.29) is 11.6 Å². The van der Waals surface area contributed by atoms with Gasteiger partial charge in [0.25, 0.3) is 0 Å². The van der Waals surface area contributed by atoms with E-state index in [1.807, 2.05) is 30.3 Å². The molecule has 40 heavy (non-hydrogen) atoms. The van der Waals surface area contributed by atoms with Crippen molar-refractivity contribution in [1.29, 1.82) is 0 Å². The number of aromatic nitrogens is 2. The lowest BCUT2D eigenvalue weighted by molar-refractivity contribution is 0.104. The van der Waals surface area contributed by atoms with Crippen LogP contribution >= 0.6 is 11.6 Å². The Balaban J connectivity index is 1.63. The Morgan fingerprint density at radius 3 is 2.30 bits per heavy atom. The first-order chi connectivity index (χ1) is 19.6. The third-order valence-corrected chi connectivity index (χ3v) is 7.84. The van der Waals surface area contributed by atoms with Crippen LogP contribution in [0.2, 0.25) is 5.02 Å². The molecule has 0 fully saturated rings. The smallest absolute Gasteiger partial charge is 0.197 e. The number of nitrogens with zero attached hydrogens (tertiary/aromatic N) is 1. The molecule has 0 atom stereocenters. The summed E-state index contributed by atoms with van der Waals surface area (Å²) in [6.07, 6.45) is 0.906. The Hall–Kier alpha value is -4.61. The first-order valence-electron chi connectivity index (χ1n) is 13.3. The SMILES string of the molecule is O=C(c1ccc(Cl)cc1)c1c(-c2c(-c3ccccc3)[nH]c3ccccc23)c(-c2ccc(F)cc2)n2c1NCCC2. The summed E-state index contributed by atoms with van der Waals surface area (Å²) < 4.78 is 16.3. The minimum Gasteiger partial charge on any atom is -0.371 e. The van der Waals surface area contributed by atoms with Gasteiger partial charge in [0, 0.05) is 45.7 Å². The summed E-state index contributed by atoms with van der Waals surface area (Å²) in [6.45, 7) is 1.49. The minimum absolute atomic E-state index is 0.0949. The lowest BCUT2D eigenvalue weighted by Crippen LogP contribution is -2.19. The number of halogens is 2. The first kappa shape index (κ1) is 24.4. The van der Waals surface area contributed by atoms with Crippen molar-refractivity contribution in [2.75, 3.05) is 11.9 Å². The maximum absolute atomic E-state index is 14.5. The Morgan fingerprint density at radius 1 is 0.800 bits per heavy atom. The summed E-state index contributed by atoms with van der Waals surface area (Å²) in [6, 6.07) is 31.9. The highest BCUT2D eigenvalue weighted by Crippen LogP contribution is 2.49. The van der Waals surface area contributed by atoms with Crippen molar-refractivity contribution in [2.24, 2.45) is 0 Å². The lowest BCUT2D eigenvalue weighted by atomic mass is 9.90. The summed E-state index contributed by atoms with van der Waals surface area (Å²) in [4.78, 5) is 18.1. The third-order valence-electron chi connectivity index (χ3n) is 7.58. The van der Waals surface area contributed by atoms with Crippen LogP contribution in [0.15, 0.2) is 103 Å². The molecule has 0 saturated carbocycles. The highest BCUT2D eigenvalue weighted by atomic mass is 35.5. The summed E-state index contributed by atoms with van der Waals surface area (Å²) >= 11 is 6.18. The van der Waals surface area contributed by atoms with E-state index in [4.69, 9.17) is 11.6 Å². The van der Waals surface area contributed by atoms with Gasteiger partial charge in [-0.1, -0.05) is 60.1 Å². The second-order valence-corrected chi connectivity index (χ2v) is 10.4. The number of rotatable bonds is 5. The van der Waals surface area contributed by atoms with Gasteiger partial charge in [-0.25, -0.2) is 4.39 Å². The van der Waals surface area contributed by atoms with Crippen molar-refractivity contribution in [3.8, 4) is 33.6 Å². The van der Waals surface area contributed by atoms with Crippen LogP contribution < -0.4 is 5.32 Å². The lowest BCUT2D eigenvalue weighted by Gasteiger charge is -2.20. The number of carbonyl (C=O) groups is 1. The van der Waals surface area contributed by atoms with Gasteiger partial charge in [-0.15, -0.1) is 0 Å². The topological polar surface area (TPSA) is 49.8 Å². The number of fused-ring (bicyclic) bond motifs is 2. The predicted octanol–water partition coefficient (Wildman–Crippen LogP) is 8.81. The van der Waals surface area contributed by atoms with Gasteiger partial charge < -0.3 is 14.9 Å². The molecule has 0 radical (unpaired) electrons. The molecule has 3 heterocycles. The molecule has 196 valence electrons. The molecule has 2 N–H and O–H groups in total. The number of H-pyrrole nitrogens is 1. The molecule has 1 aliphatic rings. The fraction of sp³-hybridized carbons (Fsp3) is 0.0882. The summed E-state index contributed by atoms with van der Waals surface area (Å²) in [5, 5.41) is 5.12. The van der Waals surface area contributed by atoms with E-state index >= 15 is 0 Å². The average molecular weight is 546 g/mol. The van der Waals surface area contributed by atoms with E-state index < -0.39 is 0 Å². The number of anilines is 1. The molecular weight excluding hydrogens is 521 g/mol. The van der Waals surface area contributed by atoms with Crippen LogP contribution in [0.3, 0.4) is 0 Å². The first-order valence-corrected chi connectivity index (χ1v) is 13.7. The molecule has 6 heteroatoms. The van der Waals surface area contributed by atoms with E-state index in [0.29, 0.717) is 16.1 Å². The monoisotopic (exact) mass is 545 g/mol. The molecular formula is C34H25ClFN3O. The van der Waals surface area contributed by atoms with Crippen LogP contribution in [0.5, 0.6) is 0 Å². The van der Waals surface area contributed by atoms with E-state index in [1.165, 1.54) is 12.1 Å². The van der Waals surface area contributed by atoms with Gasteiger partial charge in [-0.3, -0.25) is 4.79 Å². The number of aromatic amines is 1. The zero-order valence-corrected chi connectivity index (χ0v) is 22.3. The molecule has 6 aromatic rings. The molecule has 0 saturated heterocycles. The molecule has 0 spiro atoms. The Kier molecular flexibility index (Phi) is 6.02. The van der Waals surface area contributed by atoms with Gasteiger partial charge in [-0.05, 0) is 72.1 Å². The van der Waals surface area contributed by atoms with Crippen LogP contribution in [0, 0.1) is 5.82 Å². The molecule has 1 aliphatic heterocycles. The number of para-hydroxylation sites is 1. The molecule has 4 nitrogen and oxygen atoms in total. The van der Waals surface area contributed by atoms with E-state index in [9.17, 15) is 9.18 Å². The number of ketones is 1. The molecule has 4 aromatic carbocycles. The van der Waals surface area contributed by atoms with Crippen LogP contribution in [-0.2, 0) is 6.54 Å². The number of hydrogen-bond acceptors (Lipinski definition) is 2. The van der Waals surface area contributed by atoms with Gasteiger partial charge in [0.15, 0.2) is 5.78 Å². The molecule has 0 aliphatic carbocycles. The molecule has 0 bridgehead atoms. The zero-order valence-electron chi connectivity index (χ0n) is 21.5. The Bertz CT molecular complexity index is 1870. The normalized spacial score (nSPS) is 12.8. The number of nitrogens with one attached hydrogen (secondary N) is 2.